The number of Topliss-reactive ketones (excluding diaryl/α,β-unsaturated/α-hetero) is 1. The van der Waals surface area contributed by atoms with Crippen molar-refractivity contribution in [3.05, 3.63) is 12.2 Å². The molecule has 6 nitrogen and oxygen atoms in total. The number of rotatable bonds is 14. The van der Waals surface area contributed by atoms with Crippen molar-refractivity contribution in [2.45, 2.75) is 91.1 Å². The standard InChI is InChI=1S/C23H38O6/c1-4-7-8-11-19(24)15-13-18-14-16-20(25)23(18,22(27)29-6-3)17-10-9-12-21(26)28-5-2/h13,15,18-19,24H,4-12,14,16-17H2,1-3H3/t18-,19?,23+/m0/s1. The lowest BCUT2D eigenvalue weighted by Gasteiger charge is -2.30. The van der Waals surface area contributed by atoms with E-state index in [0.29, 0.717) is 45.1 Å². The lowest BCUT2D eigenvalue weighted by molar-refractivity contribution is -0.161. The van der Waals surface area contributed by atoms with Crippen LogP contribution in [0.1, 0.15) is 85.0 Å². The molecule has 0 aromatic carbocycles. The fourth-order valence-corrected chi connectivity index (χ4v) is 4.04. The van der Waals surface area contributed by atoms with Crippen molar-refractivity contribution in [3.63, 3.8) is 0 Å². The number of allylic oxidation sites excluding steroid dienone is 1. The molecule has 0 amide bonds. The van der Waals surface area contributed by atoms with Crippen LogP contribution in [0, 0.1) is 11.3 Å². The Hall–Kier alpha value is -1.69. The molecule has 6 heteroatoms. The molecule has 1 fully saturated rings. The van der Waals surface area contributed by atoms with Crippen molar-refractivity contribution in [2.75, 3.05) is 13.2 Å². The average molecular weight is 411 g/mol. The first-order valence-electron chi connectivity index (χ1n) is 11.1. The average Bonchev–Trinajstić information content (AvgIpc) is 3.01. The van der Waals surface area contributed by atoms with E-state index in [4.69, 9.17) is 9.47 Å². The van der Waals surface area contributed by atoms with E-state index < -0.39 is 17.5 Å². The third-order valence-electron chi connectivity index (χ3n) is 5.63. The first-order chi connectivity index (χ1) is 13.9. The summed E-state index contributed by atoms with van der Waals surface area (Å²) >= 11 is 0. The van der Waals surface area contributed by atoms with Crippen molar-refractivity contribution in [1.82, 2.24) is 0 Å². The van der Waals surface area contributed by atoms with Crippen molar-refractivity contribution in [3.8, 4) is 0 Å². The highest BCUT2D eigenvalue weighted by Gasteiger charge is 2.55. The van der Waals surface area contributed by atoms with E-state index in [1.807, 2.05) is 6.08 Å². The van der Waals surface area contributed by atoms with Crippen LogP contribution in [0.2, 0.25) is 0 Å². The molecule has 0 aliphatic heterocycles. The van der Waals surface area contributed by atoms with E-state index in [-0.39, 0.29) is 30.7 Å². The van der Waals surface area contributed by atoms with Crippen molar-refractivity contribution in [2.24, 2.45) is 11.3 Å². The fraction of sp³-hybridized carbons (Fsp3) is 0.783. The number of unbranched alkanes of at least 4 members (excludes halogenated alkanes) is 3. The summed E-state index contributed by atoms with van der Waals surface area (Å²) in [7, 11) is 0. The van der Waals surface area contributed by atoms with Gasteiger partial charge in [-0.1, -0.05) is 44.8 Å². The van der Waals surface area contributed by atoms with Gasteiger partial charge in [0.1, 0.15) is 5.41 Å². The maximum Gasteiger partial charge on any atom is 0.320 e. The van der Waals surface area contributed by atoms with Crippen LogP contribution in [0.5, 0.6) is 0 Å². The van der Waals surface area contributed by atoms with Gasteiger partial charge in [-0.05, 0) is 39.5 Å². The monoisotopic (exact) mass is 410 g/mol. The second kappa shape index (κ2) is 13.5. The number of aliphatic hydroxyl groups excluding tert-OH is 1. The van der Waals surface area contributed by atoms with Crippen LogP contribution >= 0.6 is 0 Å². The summed E-state index contributed by atoms with van der Waals surface area (Å²) in [5, 5.41) is 10.2. The molecule has 1 saturated carbocycles. The minimum absolute atomic E-state index is 0.0952. The zero-order valence-electron chi connectivity index (χ0n) is 18.3. The predicted molar refractivity (Wildman–Crippen MR) is 111 cm³/mol. The number of hydrogen-bond donors (Lipinski definition) is 1. The zero-order valence-corrected chi connectivity index (χ0v) is 18.3. The zero-order chi connectivity index (χ0) is 21.7. The molecule has 1 aliphatic rings. The van der Waals surface area contributed by atoms with Crippen molar-refractivity contribution >= 4 is 17.7 Å². The summed E-state index contributed by atoms with van der Waals surface area (Å²) in [4.78, 5) is 37.2. The highest BCUT2D eigenvalue weighted by molar-refractivity contribution is 6.06. The molecular formula is C23H38O6. The van der Waals surface area contributed by atoms with Gasteiger partial charge in [0.2, 0.25) is 0 Å². The Labute approximate surface area is 175 Å². The van der Waals surface area contributed by atoms with Gasteiger partial charge in [-0.3, -0.25) is 14.4 Å². The number of carbonyl (C=O) groups is 3. The van der Waals surface area contributed by atoms with Gasteiger partial charge in [0.15, 0.2) is 5.78 Å². The molecule has 166 valence electrons. The van der Waals surface area contributed by atoms with E-state index >= 15 is 0 Å². The topological polar surface area (TPSA) is 89.9 Å². The summed E-state index contributed by atoms with van der Waals surface area (Å²) < 4.78 is 10.2. The highest BCUT2D eigenvalue weighted by atomic mass is 16.5. The molecule has 0 bridgehead atoms. The molecule has 1 aliphatic carbocycles. The molecule has 0 saturated heterocycles. The fourth-order valence-electron chi connectivity index (χ4n) is 4.04. The molecule has 0 heterocycles. The maximum absolute atomic E-state index is 12.8. The third kappa shape index (κ3) is 7.57. The largest absolute Gasteiger partial charge is 0.466 e. The first kappa shape index (κ1) is 25.3. The number of ketones is 1. The molecular weight excluding hydrogens is 372 g/mol. The number of aliphatic hydroxyl groups is 1. The highest BCUT2D eigenvalue weighted by Crippen LogP contribution is 2.46. The molecule has 0 radical (unpaired) electrons. The lowest BCUT2D eigenvalue weighted by atomic mass is 9.72. The normalized spacial score (nSPS) is 22.8. The SMILES string of the molecule is CCCCCC(O)C=C[C@H]1CCC(=O)[C@]1(CCCCC(=O)OCC)C(=O)OCC. The molecule has 1 N–H and O–H groups in total. The van der Waals surface area contributed by atoms with Crippen molar-refractivity contribution in [1.29, 1.82) is 0 Å². The minimum Gasteiger partial charge on any atom is -0.466 e. The van der Waals surface area contributed by atoms with Gasteiger partial charge in [-0.15, -0.1) is 0 Å². The number of esters is 2. The number of carbonyl (C=O) groups excluding carboxylic acids is 3. The smallest absolute Gasteiger partial charge is 0.320 e. The summed E-state index contributed by atoms with van der Waals surface area (Å²) in [6, 6.07) is 0. The predicted octanol–water partition coefficient (Wildman–Crippen LogP) is 4.14. The van der Waals surface area contributed by atoms with Gasteiger partial charge in [0, 0.05) is 18.8 Å². The van der Waals surface area contributed by atoms with Crippen LogP contribution in [0.4, 0.5) is 0 Å². The van der Waals surface area contributed by atoms with E-state index in [2.05, 4.69) is 6.92 Å². The molecule has 0 spiro atoms. The lowest BCUT2D eigenvalue weighted by Crippen LogP contribution is -2.41. The first-order valence-corrected chi connectivity index (χ1v) is 11.1. The van der Waals surface area contributed by atoms with E-state index in [1.54, 1.807) is 19.9 Å². The van der Waals surface area contributed by atoms with Gasteiger partial charge in [-0.2, -0.15) is 0 Å². The van der Waals surface area contributed by atoms with Crippen molar-refractivity contribution < 1.29 is 29.0 Å². The summed E-state index contributed by atoms with van der Waals surface area (Å²) in [5.74, 6) is -1.12. The van der Waals surface area contributed by atoms with E-state index in [1.165, 1.54) is 0 Å². The third-order valence-corrected chi connectivity index (χ3v) is 5.63. The Balaban J connectivity index is 2.84. The van der Waals surface area contributed by atoms with Gasteiger partial charge in [0.05, 0.1) is 19.3 Å². The minimum atomic E-state index is -1.20. The Bertz CT molecular complexity index is 556. The van der Waals surface area contributed by atoms with E-state index in [9.17, 15) is 19.5 Å². The number of hydrogen-bond acceptors (Lipinski definition) is 6. The van der Waals surface area contributed by atoms with Gasteiger partial charge in [0.25, 0.3) is 0 Å². The van der Waals surface area contributed by atoms with Crippen LogP contribution in [0.3, 0.4) is 0 Å². The molecule has 3 atom stereocenters. The Morgan fingerprint density at radius 2 is 1.86 bits per heavy atom. The van der Waals surface area contributed by atoms with Crippen LogP contribution < -0.4 is 0 Å². The van der Waals surface area contributed by atoms with Crippen LogP contribution in [-0.2, 0) is 23.9 Å². The Kier molecular flexibility index (Phi) is 11.8. The summed E-state index contributed by atoms with van der Waals surface area (Å²) in [6.07, 6.45) is 9.44. The van der Waals surface area contributed by atoms with Crippen LogP contribution in [0.15, 0.2) is 12.2 Å². The second-order valence-electron chi connectivity index (χ2n) is 7.72. The molecule has 1 rings (SSSR count). The summed E-state index contributed by atoms with van der Waals surface area (Å²) in [5.41, 5.74) is -1.20. The van der Waals surface area contributed by atoms with E-state index in [0.717, 1.165) is 19.3 Å². The molecule has 1 unspecified atom stereocenters. The van der Waals surface area contributed by atoms with Gasteiger partial charge >= 0.3 is 11.9 Å². The Morgan fingerprint density at radius 1 is 1.14 bits per heavy atom. The van der Waals surface area contributed by atoms with Crippen LogP contribution in [0.25, 0.3) is 0 Å². The molecule has 0 aromatic heterocycles. The molecule has 0 aromatic rings. The quantitative estimate of drug-likeness (QED) is 0.200. The Morgan fingerprint density at radius 3 is 2.52 bits per heavy atom. The summed E-state index contributed by atoms with van der Waals surface area (Å²) in [6.45, 7) is 6.17. The van der Waals surface area contributed by atoms with Gasteiger partial charge in [-0.25, -0.2) is 0 Å². The second-order valence-corrected chi connectivity index (χ2v) is 7.72. The molecule has 29 heavy (non-hydrogen) atoms. The van der Waals surface area contributed by atoms with Crippen LogP contribution in [-0.4, -0.2) is 42.1 Å². The number of ether oxygens (including phenoxy) is 2. The van der Waals surface area contributed by atoms with Gasteiger partial charge < -0.3 is 14.6 Å². The maximum atomic E-state index is 12.8.